The summed E-state index contributed by atoms with van der Waals surface area (Å²) in [5, 5.41) is 13.1. The maximum absolute atomic E-state index is 11.9. The van der Waals surface area contributed by atoms with E-state index >= 15 is 0 Å². The normalized spacial score (nSPS) is 13.0. The highest BCUT2D eigenvalue weighted by atomic mass is 35.5. The molecule has 0 saturated heterocycles. The van der Waals surface area contributed by atoms with E-state index in [1.54, 1.807) is 55.5 Å². The molecule has 0 spiro atoms. The zero-order valence-corrected chi connectivity index (χ0v) is 13.9. The number of hydrogen-bond acceptors (Lipinski definition) is 4. The van der Waals surface area contributed by atoms with Gasteiger partial charge in [0.25, 0.3) is 5.91 Å². The standard InChI is InChI=1S/C18H18ClNO4/c1-12(14-8-5-9-15(19)10-14)20-16(21)11-24-18(23)17(22)13-6-3-2-4-7-13/h2-10,12,17,22H,11H2,1H3,(H,20,21)/t12-,17-/m1/s1. The highest BCUT2D eigenvalue weighted by molar-refractivity contribution is 6.30. The molecule has 24 heavy (non-hydrogen) atoms. The van der Waals surface area contributed by atoms with Crippen molar-refractivity contribution in [1.82, 2.24) is 5.32 Å². The van der Waals surface area contributed by atoms with Gasteiger partial charge in [-0.05, 0) is 30.2 Å². The van der Waals surface area contributed by atoms with E-state index < -0.39 is 24.6 Å². The van der Waals surface area contributed by atoms with Crippen LogP contribution in [0.2, 0.25) is 5.02 Å². The van der Waals surface area contributed by atoms with Crippen molar-refractivity contribution in [3.8, 4) is 0 Å². The van der Waals surface area contributed by atoms with E-state index in [-0.39, 0.29) is 6.04 Å². The van der Waals surface area contributed by atoms with E-state index in [0.717, 1.165) is 5.56 Å². The van der Waals surface area contributed by atoms with Crippen molar-refractivity contribution in [2.45, 2.75) is 19.1 Å². The van der Waals surface area contributed by atoms with Crippen LogP contribution in [-0.2, 0) is 14.3 Å². The van der Waals surface area contributed by atoms with Gasteiger partial charge in [-0.25, -0.2) is 4.79 Å². The van der Waals surface area contributed by atoms with Gasteiger partial charge in [0.05, 0.1) is 6.04 Å². The summed E-state index contributed by atoms with van der Waals surface area (Å²) >= 11 is 5.91. The summed E-state index contributed by atoms with van der Waals surface area (Å²) in [6, 6.07) is 15.2. The number of aliphatic hydroxyl groups excluding tert-OH is 1. The second kappa shape index (κ2) is 8.47. The second-order valence-electron chi connectivity index (χ2n) is 5.27. The zero-order valence-electron chi connectivity index (χ0n) is 13.1. The summed E-state index contributed by atoms with van der Waals surface area (Å²) in [6.07, 6.45) is -1.41. The number of esters is 1. The minimum atomic E-state index is -1.41. The molecule has 0 radical (unpaired) electrons. The van der Waals surface area contributed by atoms with Gasteiger partial charge in [-0.2, -0.15) is 0 Å². The molecule has 2 rings (SSSR count). The first-order valence-corrected chi connectivity index (χ1v) is 7.79. The smallest absolute Gasteiger partial charge is 0.340 e. The van der Waals surface area contributed by atoms with Crippen LogP contribution >= 0.6 is 11.6 Å². The summed E-state index contributed by atoms with van der Waals surface area (Å²) in [5.74, 6) is -1.33. The SMILES string of the molecule is C[C@@H](NC(=O)COC(=O)[C@H](O)c1ccccc1)c1cccc(Cl)c1. The number of carbonyl (C=O) groups excluding carboxylic acids is 2. The summed E-state index contributed by atoms with van der Waals surface area (Å²) < 4.78 is 4.85. The fraction of sp³-hybridized carbons (Fsp3) is 0.222. The third-order valence-corrected chi connectivity index (χ3v) is 3.65. The van der Waals surface area contributed by atoms with Crippen LogP contribution in [0, 0.1) is 0 Å². The monoisotopic (exact) mass is 347 g/mol. The van der Waals surface area contributed by atoms with Crippen LogP contribution in [0.4, 0.5) is 0 Å². The van der Waals surface area contributed by atoms with E-state index in [4.69, 9.17) is 16.3 Å². The second-order valence-corrected chi connectivity index (χ2v) is 5.70. The van der Waals surface area contributed by atoms with Gasteiger partial charge < -0.3 is 15.2 Å². The molecule has 0 aromatic heterocycles. The van der Waals surface area contributed by atoms with Gasteiger partial charge in [0.15, 0.2) is 12.7 Å². The number of amides is 1. The number of nitrogens with one attached hydrogen (secondary N) is 1. The molecule has 0 fully saturated rings. The van der Waals surface area contributed by atoms with E-state index in [1.165, 1.54) is 0 Å². The Labute approximate surface area is 145 Å². The quantitative estimate of drug-likeness (QED) is 0.788. The summed E-state index contributed by atoms with van der Waals surface area (Å²) in [6.45, 7) is 1.33. The number of hydrogen-bond donors (Lipinski definition) is 2. The van der Waals surface area contributed by atoms with Crippen molar-refractivity contribution in [3.05, 3.63) is 70.7 Å². The Morgan fingerprint density at radius 3 is 2.46 bits per heavy atom. The molecule has 6 heteroatoms. The maximum atomic E-state index is 11.9. The third kappa shape index (κ3) is 5.08. The number of halogens is 1. The van der Waals surface area contributed by atoms with Gasteiger partial charge in [-0.15, -0.1) is 0 Å². The predicted octanol–water partition coefficient (Wildman–Crippen LogP) is 2.79. The zero-order chi connectivity index (χ0) is 17.5. The first-order valence-electron chi connectivity index (χ1n) is 7.42. The number of rotatable bonds is 6. The molecule has 2 aromatic rings. The van der Waals surface area contributed by atoms with Gasteiger partial charge in [0.1, 0.15) is 0 Å². The molecule has 1 amide bonds. The lowest BCUT2D eigenvalue weighted by Gasteiger charge is -2.15. The highest BCUT2D eigenvalue weighted by Gasteiger charge is 2.20. The van der Waals surface area contributed by atoms with Crippen LogP contribution in [0.25, 0.3) is 0 Å². The van der Waals surface area contributed by atoms with Crippen molar-refractivity contribution in [3.63, 3.8) is 0 Å². The lowest BCUT2D eigenvalue weighted by Crippen LogP contribution is -2.32. The minimum Gasteiger partial charge on any atom is -0.453 e. The molecule has 2 aromatic carbocycles. The maximum Gasteiger partial charge on any atom is 0.340 e. The fourth-order valence-corrected chi connectivity index (χ4v) is 2.33. The summed E-state index contributed by atoms with van der Waals surface area (Å²) in [4.78, 5) is 23.7. The molecule has 0 unspecified atom stereocenters. The molecule has 0 heterocycles. The van der Waals surface area contributed by atoms with Crippen LogP contribution < -0.4 is 5.32 Å². The van der Waals surface area contributed by atoms with Crippen molar-refractivity contribution in [1.29, 1.82) is 0 Å². The average molecular weight is 348 g/mol. The molecular formula is C18H18ClNO4. The minimum absolute atomic E-state index is 0.283. The average Bonchev–Trinajstić information content (AvgIpc) is 2.59. The number of benzene rings is 2. The lowest BCUT2D eigenvalue weighted by molar-refractivity contribution is -0.157. The van der Waals surface area contributed by atoms with Crippen LogP contribution in [0.3, 0.4) is 0 Å². The Kier molecular flexibility index (Phi) is 6.35. The fourth-order valence-electron chi connectivity index (χ4n) is 2.13. The van der Waals surface area contributed by atoms with E-state index in [9.17, 15) is 14.7 Å². The van der Waals surface area contributed by atoms with Crippen molar-refractivity contribution in [2.24, 2.45) is 0 Å². The molecule has 0 aliphatic rings. The molecule has 0 bridgehead atoms. The Bertz CT molecular complexity index is 705. The first-order chi connectivity index (χ1) is 11.5. The molecule has 126 valence electrons. The molecular weight excluding hydrogens is 330 g/mol. The number of carbonyl (C=O) groups is 2. The van der Waals surface area contributed by atoms with Crippen molar-refractivity contribution >= 4 is 23.5 Å². The van der Waals surface area contributed by atoms with Crippen LogP contribution in [0.5, 0.6) is 0 Å². The van der Waals surface area contributed by atoms with E-state index in [2.05, 4.69) is 5.32 Å². The number of ether oxygens (including phenoxy) is 1. The predicted molar refractivity (Wildman–Crippen MR) is 90.4 cm³/mol. The Hall–Kier alpha value is -2.37. The molecule has 0 aliphatic heterocycles. The van der Waals surface area contributed by atoms with Gasteiger partial charge in [0, 0.05) is 5.02 Å². The lowest BCUT2D eigenvalue weighted by atomic mass is 10.1. The van der Waals surface area contributed by atoms with Gasteiger partial charge in [0.2, 0.25) is 0 Å². The van der Waals surface area contributed by atoms with Crippen LogP contribution in [0.15, 0.2) is 54.6 Å². The topological polar surface area (TPSA) is 75.6 Å². The third-order valence-electron chi connectivity index (χ3n) is 3.41. The van der Waals surface area contributed by atoms with E-state index in [0.29, 0.717) is 10.6 Å². The largest absolute Gasteiger partial charge is 0.453 e. The Morgan fingerprint density at radius 1 is 1.12 bits per heavy atom. The van der Waals surface area contributed by atoms with Gasteiger partial charge in [-0.1, -0.05) is 54.1 Å². The Balaban J connectivity index is 1.83. The molecule has 0 saturated carbocycles. The van der Waals surface area contributed by atoms with Crippen LogP contribution in [0.1, 0.15) is 30.2 Å². The Morgan fingerprint density at radius 2 is 1.79 bits per heavy atom. The van der Waals surface area contributed by atoms with Crippen molar-refractivity contribution < 1.29 is 19.4 Å². The van der Waals surface area contributed by atoms with Crippen molar-refractivity contribution in [2.75, 3.05) is 6.61 Å². The molecule has 0 aliphatic carbocycles. The first kappa shape index (κ1) is 18.0. The molecule has 5 nitrogen and oxygen atoms in total. The van der Waals surface area contributed by atoms with Gasteiger partial charge in [-0.3, -0.25) is 4.79 Å². The van der Waals surface area contributed by atoms with E-state index in [1.807, 2.05) is 6.07 Å². The molecule has 2 N–H and O–H groups in total. The summed E-state index contributed by atoms with van der Waals surface area (Å²) in [7, 11) is 0. The van der Waals surface area contributed by atoms with Gasteiger partial charge >= 0.3 is 5.97 Å². The van der Waals surface area contributed by atoms with Crippen LogP contribution in [-0.4, -0.2) is 23.6 Å². The molecule has 2 atom stereocenters. The summed E-state index contributed by atoms with van der Waals surface area (Å²) in [5.41, 5.74) is 1.25. The highest BCUT2D eigenvalue weighted by Crippen LogP contribution is 2.17. The number of aliphatic hydroxyl groups is 1.